The summed E-state index contributed by atoms with van der Waals surface area (Å²) in [6, 6.07) is 19.1. The normalized spacial score (nSPS) is 10.7. The van der Waals surface area contributed by atoms with Crippen LogP contribution in [0.1, 0.15) is 45.7 Å². The Balaban J connectivity index is 2.22. The summed E-state index contributed by atoms with van der Waals surface area (Å²) in [5, 5.41) is 14.8. The molecule has 2 aliphatic carbocycles. The van der Waals surface area contributed by atoms with Crippen LogP contribution in [0.25, 0.3) is 21.9 Å². The molecule has 0 aliphatic heterocycles. The lowest BCUT2D eigenvalue weighted by Crippen LogP contribution is -2.18. The third kappa shape index (κ3) is 4.33. The van der Waals surface area contributed by atoms with E-state index in [2.05, 4.69) is 27.3 Å². The second-order valence-electron chi connectivity index (χ2n) is 7.80. The molecule has 4 rings (SSSR count). The van der Waals surface area contributed by atoms with E-state index in [1.54, 1.807) is 20.8 Å². The number of aryl methyl sites for hydroxylation is 1. The van der Waals surface area contributed by atoms with Gasteiger partial charge in [-0.3, -0.25) is 0 Å². The van der Waals surface area contributed by atoms with Gasteiger partial charge in [0, 0.05) is 21.1 Å². The lowest BCUT2D eigenvalue weighted by Gasteiger charge is -2.19. The largest absolute Gasteiger partial charge is 0.462 e. The lowest BCUT2D eigenvalue weighted by molar-refractivity contribution is 0.0479. The molecule has 0 atom stereocenters. The van der Waals surface area contributed by atoms with Crippen LogP contribution in [0.2, 0.25) is 0 Å². The average molecular weight is 531 g/mol. The first-order valence-corrected chi connectivity index (χ1v) is 12.0. The Morgan fingerprint density at radius 2 is 1.49 bits per heavy atom. The van der Waals surface area contributed by atoms with E-state index in [0.717, 1.165) is 15.6 Å². The zero-order valence-corrected chi connectivity index (χ0v) is 21.2. The van der Waals surface area contributed by atoms with E-state index in [-0.39, 0.29) is 24.3 Å². The van der Waals surface area contributed by atoms with Crippen LogP contribution in [0.15, 0.2) is 59.1 Å². The number of nitrogens with one attached hydrogen (secondary N) is 1. The Kier molecular flexibility index (Phi) is 7.04. The number of hydrogen-bond acceptors (Lipinski definition) is 6. The van der Waals surface area contributed by atoms with Crippen molar-refractivity contribution in [1.82, 2.24) is 0 Å². The lowest BCUT2D eigenvalue weighted by atomic mass is 9.92. The quantitative estimate of drug-likeness (QED) is 0.270. The summed E-state index contributed by atoms with van der Waals surface area (Å²) in [4.78, 5) is 26.6. The fraction of sp³-hybridized carbons (Fsp3) is 0.179. The number of carbonyl (C=O) groups is 2. The summed E-state index contributed by atoms with van der Waals surface area (Å²) in [7, 11) is 0. The van der Waals surface area contributed by atoms with Crippen molar-refractivity contribution >= 4 is 50.0 Å². The molecular weight excluding hydrogens is 508 g/mol. The number of ether oxygens (including phenoxy) is 2. The minimum absolute atomic E-state index is 0.0504. The topological polar surface area (TPSA) is 88.4 Å². The van der Waals surface area contributed by atoms with Gasteiger partial charge in [0.15, 0.2) is 0 Å². The fourth-order valence-electron chi connectivity index (χ4n) is 4.36. The van der Waals surface area contributed by atoms with Crippen LogP contribution in [0, 0.1) is 18.3 Å². The predicted molar refractivity (Wildman–Crippen MR) is 139 cm³/mol. The summed E-state index contributed by atoms with van der Waals surface area (Å²) in [5.41, 5.74) is 3.69. The van der Waals surface area contributed by atoms with Crippen LogP contribution in [0.4, 0.5) is 11.4 Å². The van der Waals surface area contributed by atoms with E-state index < -0.39 is 11.9 Å². The van der Waals surface area contributed by atoms with Gasteiger partial charge in [0.2, 0.25) is 0 Å². The van der Waals surface area contributed by atoms with Gasteiger partial charge in [0.25, 0.3) is 0 Å². The summed E-state index contributed by atoms with van der Waals surface area (Å²) in [5.74, 6) is -1.29. The second-order valence-corrected chi connectivity index (χ2v) is 8.71. The molecule has 176 valence electrons. The molecule has 0 unspecified atom stereocenters. The first-order valence-electron chi connectivity index (χ1n) is 11.2. The molecule has 0 radical (unpaired) electrons. The molecule has 1 N–H and O–H groups in total. The molecule has 6 nitrogen and oxygen atoms in total. The fourth-order valence-corrected chi connectivity index (χ4v) is 4.63. The van der Waals surface area contributed by atoms with Gasteiger partial charge in [-0.05, 0) is 61.5 Å². The van der Waals surface area contributed by atoms with Crippen LogP contribution in [0.3, 0.4) is 0 Å². The van der Waals surface area contributed by atoms with Crippen molar-refractivity contribution in [2.75, 3.05) is 18.5 Å². The minimum atomic E-state index is -0.667. The minimum Gasteiger partial charge on any atom is -0.462 e. The number of nitrogens with zero attached hydrogens (tertiary/aromatic N) is 1. The molecular formula is C28H23BrN2O4. The van der Waals surface area contributed by atoms with Gasteiger partial charge in [0.1, 0.15) is 6.07 Å². The highest BCUT2D eigenvalue weighted by molar-refractivity contribution is 9.10. The van der Waals surface area contributed by atoms with Crippen molar-refractivity contribution in [3.05, 3.63) is 81.3 Å². The highest BCUT2D eigenvalue weighted by atomic mass is 79.9. The molecule has 2 aliphatic rings. The van der Waals surface area contributed by atoms with Crippen molar-refractivity contribution in [3.8, 4) is 17.2 Å². The molecule has 0 saturated heterocycles. The maximum Gasteiger partial charge on any atom is 0.341 e. The molecule has 0 fully saturated rings. The molecule has 7 heteroatoms. The van der Waals surface area contributed by atoms with Crippen molar-refractivity contribution in [2.45, 2.75) is 20.8 Å². The Labute approximate surface area is 211 Å². The molecule has 0 saturated carbocycles. The van der Waals surface area contributed by atoms with E-state index in [0.29, 0.717) is 33.3 Å². The van der Waals surface area contributed by atoms with Gasteiger partial charge in [-0.2, -0.15) is 5.26 Å². The van der Waals surface area contributed by atoms with E-state index >= 15 is 0 Å². The molecule has 0 heterocycles. The molecule has 0 aromatic heterocycles. The Bertz CT molecular complexity index is 1460. The molecule has 0 amide bonds. The van der Waals surface area contributed by atoms with Crippen molar-refractivity contribution in [3.63, 3.8) is 0 Å². The van der Waals surface area contributed by atoms with E-state index in [1.165, 1.54) is 0 Å². The number of nitriles is 1. The number of hydrogen-bond donors (Lipinski definition) is 1. The summed E-state index contributed by atoms with van der Waals surface area (Å²) < 4.78 is 11.6. The van der Waals surface area contributed by atoms with Crippen LogP contribution in [-0.4, -0.2) is 25.2 Å². The highest BCUT2D eigenvalue weighted by Gasteiger charge is 2.33. The Morgan fingerprint density at radius 3 is 2.09 bits per heavy atom. The third-order valence-corrected chi connectivity index (χ3v) is 6.29. The van der Waals surface area contributed by atoms with Gasteiger partial charge in [-0.1, -0.05) is 46.3 Å². The maximum absolute atomic E-state index is 13.3. The van der Waals surface area contributed by atoms with Gasteiger partial charge < -0.3 is 14.8 Å². The number of halogens is 1. The maximum atomic E-state index is 13.3. The first-order chi connectivity index (χ1) is 16.9. The summed E-state index contributed by atoms with van der Waals surface area (Å²) in [6.07, 6.45) is 0. The van der Waals surface area contributed by atoms with E-state index in [4.69, 9.17) is 9.47 Å². The molecule has 0 spiro atoms. The van der Waals surface area contributed by atoms with Gasteiger partial charge >= 0.3 is 11.9 Å². The van der Waals surface area contributed by atoms with Gasteiger partial charge in [-0.25, -0.2) is 9.59 Å². The standard InChI is InChI=1S/C28H23BrN2O4/c1-4-34-27(32)23-16(3)22-20-10-8-6-7-9-19(20)21(15-30)24(22)26(25(23)28(33)35-5-2)31-18-13-11-17(29)12-14-18/h6-14,31H,4-5H2,1-3H3. The molecule has 35 heavy (non-hydrogen) atoms. The number of esters is 2. The monoisotopic (exact) mass is 530 g/mol. The van der Waals surface area contributed by atoms with Crippen LogP contribution in [-0.2, 0) is 9.47 Å². The summed E-state index contributed by atoms with van der Waals surface area (Å²) >= 11 is 3.43. The second kappa shape index (κ2) is 10.2. The Hall–Kier alpha value is -3.89. The van der Waals surface area contributed by atoms with Crippen molar-refractivity contribution in [1.29, 1.82) is 5.26 Å². The zero-order chi connectivity index (χ0) is 25.1. The first kappa shape index (κ1) is 24.2. The Morgan fingerprint density at radius 1 is 0.886 bits per heavy atom. The number of carbonyl (C=O) groups excluding carboxylic acids is 2. The number of anilines is 2. The van der Waals surface area contributed by atoms with Gasteiger partial charge in [-0.15, -0.1) is 0 Å². The number of rotatable bonds is 6. The van der Waals surface area contributed by atoms with Crippen LogP contribution in [0.5, 0.6) is 0 Å². The number of benzene rings is 2. The van der Waals surface area contributed by atoms with Crippen molar-refractivity contribution in [2.24, 2.45) is 0 Å². The van der Waals surface area contributed by atoms with Crippen molar-refractivity contribution < 1.29 is 19.1 Å². The van der Waals surface area contributed by atoms with E-state index in [1.807, 2.05) is 54.6 Å². The third-order valence-electron chi connectivity index (χ3n) is 5.76. The smallest absolute Gasteiger partial charge is 0.341 e. The van der Waals surface area contributed by atoms with Crippen LogP contribution < -0.4 is 5.32 Å². The SMILES string of the molecule is CCOC(=O)c1c(C(=O)OCC)c(Nc2ccc(Br)cc2)c2c(C#N)c3cccccc-3c2c1C. The molecule has 2 aromatic carbocycles. The molecule has 2 aromatic rings. The molecule has 0 bridgehead atoms. The predicted octanol–water partition coefficient (Wildman–Crippen LogP) is 6.98. The van der Waals surface area contributed by atoms with E-state index in [9.17, 15) is 14.9 Å². The average Bonchev–Trinajstić information content (AvgIpc) is 2.97. The van der Waals surface area contributed by atoms with Gasteiger partial charge in [0.05, 0.1) is 35.6 Å². The summed E-state index contributed by atoms with van der Waals surface area (Å²) in [6.45, 7) is 5.46. The zero-order valence-electron chi connectivity index (χ0n) is 19.6. The van der Waals surface area contributed by atoms with Crippen LogP contribution >= 0.6 is 15.9 Å². The highest BCUT2D eigenvalue weighted by Crippen LogP contribution is 2.47. The number of fused-ring (bicyclic) bond motifs is 3.